The van der Waals surface area contributed by atoms with Crippen LogP contribution in [0.25, 0.3) is 66.4 Å². The van der Waals surface area contributed by atoms with Crippen molar-refractivity contribution >= 4 is 10.8 Å². The van der Waals surface area contributed by atoms with Crippen LogP contribution >= 0.6 is 0 Å². The number of hydrogen-bond acceptors (Lipinski definition) is 1. The summed E-state index contributed by atoms with van der Waals surface area (Å²) >= 11 is 0. The lowest BCUT2D eigenvalue weighted by atomic mass is 9.78. The predicted octanol–water partition coefficient (Wildman–Crippen LogP) is 13.0. The maximum atomic E-state index is 10.1. The van der Waals surface area contributed by atoms with Crippen LogP contribution in [0.4, 0.5) is 0 Å². The van der Waals surface area contributed by atoms with E-state index in [2.05, 4.69) is 169 Å². The molecule has 0 unspecified atom stereocenters. The zero-order chi connectivity index (χ0) is 35.0. The van der Waals surface area contributed by atoms with Crippen molar-refractivity contribution in [3.05, 3.63) is 166 Å². The molecule has 1 nitrogen and oxygen atoms in total. The fourth-order valence-corrected chi connectivity index (χ4v) is 9.79. The molecule has 0 spiro atoms. The second-order valence-electron chi connectivity index (χ2n) is 16.5. The second kappa shape index (κ2) is 9.96. The van der Waals surface area contributed by atoms with E-state index in [0.29, 0.717) is 0 Å². The first-order chi connectivity index (χ1) is 24.5. The van der Waals surface area contributed by atoms with Gasteiger partial charge in [-0.25, -0.2) is 0 Å². The molecule has 0 fully saturated rings. The fraction of sp³-hybridized carbons (Fsp3) is 0.180. The molecule has 0 heterocycles. The molecule has 0 N–H and O–H groups in total. The first-order valence-corrected chi connectivity index (χ1v) is 18.2. The summed E-state index contributed by atoms with van der Waals surface area (Å²) < 4.78 is 0. The molecular weight excluding hydrogens is 615 g/mol. The summed E-state index contributed by atoms with van der Waals surface area (Å²) in [4.78, 5) is 0. The van der Waals surface area contributed by atoms with Crippen LogP contribution in [0.1, 0.15) is 80.5 Å². The molecule has 3 aliphatic rings. The molecule has 0 amide bonds. The Morgan fingerprint density at radius 2 is 0.804 bits per heavy atom. The Hall–Kier alpha value is -5.71. The van der Waals surface area contributed by atoms with Gasteiger partial charge in [-0.05, 0) is 131 Å². The van der Waals surface area contributed by atoms with E-state index < -0.39 is 0 Å². The van der Waals surface area contributed by atoms with Gasteiger partial charge in [0.2, 0.25) is 0 Å². The van der Waals surface area contributed by atoms with Crippen LogP contribution in [-0.4, -0.2) is 0 Å². The van der Waals surface area contributed by atoms with E-state index in [1.54, 1.807) is 0 Å². The van der Waals surface area contributed by atoms with E-state index in [0.717, 1.165) is 10.9 Å². The van der Waals surface area contributed by atoms with Crippen LogP contribution in [0.2, 0.25) is 0 Å². The number of fused-ring (bicyclic) bond motifs is 11. The van der Waals surface area contributed by atoms with E-state index in [-0.39, 0.29) is 16.2 Å². The second-order valence-corrected chi connectivity index (χ2v) is 16.5. The summed E-state index contributed by atoms with van der Waals surface area (Å²) in [5.74, 6) is 0. The molecule has 0 aromatic heterocycles. The highest BCUT2D eigenvalue weighted by Crippen LogP contribution is 2.60. The molecule has 10 rings (SSSR count). The zero-order valence-corrected chi connectivity index (χ0v) is 30.1. The molecule has 51 heavy (non-hydrogen) atoms. The molecule has 3 aliphatic carbocycles. The topological polar surface area (TPSA) is 23.8 Å². The van der Waals surface area contributed by atoms with E-state index in [1.165, 1.54) is 94.4 Å². The summed E-state index contributed by atoms with van der Waals surface area (Å²) in [6.07, 6.45) is 0. The predicted molar refractivity (Wildman–Crippen MR) is 212 cm³/mol. The maximum Gasteiger partial charge on any atom is 0.0998 e. The molecular formula is C50H39N. The third-order valence-corrected chi connectivity index (χ3v) is 12.7. The average Bonchev–Trinajstić information content (AvgIpc) is 3.62. The van der Waals surface area contributed by atoms with E-state index in [9.17, 15) is 5.26 Å². The third-order valence-electron chi connectivity index (χ3n) is 12.7. The molecule has 7 aromatic rings. The number of rotatable bonds is 2. The van der Waals surface area contributed by atoms with Crippen molar-refractivity contribution in [1.82, 2.24) is 0 Å². The minimum Gasteiger partial charge on any atom is -0.192 e. The third kappa shape index (κ3) is 3.91. The van der Waals surface area contributed by atoms with Gasteiger partial charge in [0, 0.05) is 21.6 Å². The smallest absolute Gasteiger partial charge is 0.0998 e. The molecule has 244 valence electrons. The summed E-state index contributed by atoms with van der Waals surface area (Å²) in [6.45, 7) is 14.3. The average molecular weight is 654 g/mol. The number of nitrogens with zero attached hydrogens (tertiary/aromatic N) is 1. The SMILES string of the molecule is CC1(C)c2cc(-c3ccc(-c4ccccc4)cc3)ccc2-c2cc3c(cc21)-c1cc2c(cc1C3(C)C)-c1c(cc(C#N)c3ccccc13)C2(C)C. The molecule has 0 aliphatic heterocycles. The number of benzene rings is 7. The quantitative estimate of drug-likeness (QED) is 0.182. The normalized spacial score (nSPS) is 16.1. The zero-order valence-electron chi connectivity index (χ0n) is 30.1. The largest absolute Gasteiger partial charge is 0.192 e. The fourth-order valence-electron chi connectivity index (χ4n) is 9.79. The van der Waals surface area contributed by atoms with Gasteiger partial charge in [0.05, 0.1) is 11.6 Å². The van der Waals surface area contributed by atoms with E-state index >= 15 is 0 Å². The molecule has 0 saturated heterocycles. The summed E-state index contributed by atoms with van der Waals surface area (Å²) in [5, 5.41) is 12.3. The van der Waals surface area contributed by atoms with Crippen molar-refractivity contribution in [2.24, 2.45) is 0 Å². The first-order valence-electron chi connectivity index (χ1n) is 18.2. The highest BCUT2D eigenvalue weighted by molar-refractivity contribution is 6.06. The van der Waals surface area contributed by atoms with Crippen molar-refractivity contribution in [3.63, 3.8) is 0 Å². The van der Waals surface area contributed by atoms with Gasteiger partial charge in [0.1, 0.15) is 0 Å². The van der Waals surface area contributed by atoms with Crippen molar-refractivity contribution in [1.29, 1.82) is 5.26 Å². The number of hydrogen-bond donors (Lipinski definition) is 0. The van der Waals surface area contributed by atoms with Gasteiger partial charge in [-0.1, -0.05) is 133 Å². The molecule has 1 heteroatoms. The van der Waals surface area contributed by atoms with Gasteiger partial charge in [0.15, 0.2) is 0 Å². The van der Waals surface area contributed by atoms with Crippen molar-refractivity contribution in [2.45, 2.75) is 57.8 Å². The Bertz CT molecular complexity index is 2700. The van der Waals surface area contributed by atoms with Crippen molar-refractivity contribution < 1.29 is 0 Å². The Morgan fingerprint density at radius 3 is 1.41 bits per heavy atom. The highest BCUT2D eigenvalue weighted by atomic mass is 14.5. The van der Waals surface area contributed by atoms with Gasteiger partial charge < -0.3 is 0 Å². The van der Waals surface area contributed by atoms with E-state index in [4.69, 9.17) is 0 Å². The number of nitriles is 1. The minimum absolute atomic E-state index is 0.134. The standard InChI is InChI=1S/C50H39N/c1-48(2)41-22-32(31-18-16-30(17-19-31)29-12-8-7-9-13-29)20-21-35(41)37-24-43-38(25-42(37)48)39-26-45-40(27-44(39)49(43,3)4)47-36-15-11-10-14-34(36)33(28-51)23-46(47)50(45,5)6/h7-27H,1-6H3. The van der Waals surface area contributed by atoms with Crippen LogP contribution in [0, 0.1) is 11.3 Å². The summed E-state index contributed by atoms with van der Waals surface area (Å²) in [6, 6.07) is 49.8. The lowest BCUT2D eigenvalue weighted by Crippen LogP contribution is -2.17. The van der Waals surface area contributed by atoms with Crippen LogP contribution in [-0.2, 0) is 16.2 Å². The van der Waals surface area contributed by atoms with Crippen LogP contribution in [0.3, 0.4) is 0 Å². The summed E-state index contributed by atoms with van der Waals surface area (Å²) in [5.41, 5.74) is 21.5. The van der Waals surface area contributed by atoms with Crippen LogP contribution in [0.15, 0.2) is 127 Å². The Balaban J connectivity index is 1.10. The Labute approximate surface area is 300 Å². The minimum atomic E-state index is -0.218. The molecule has 0 saturated carbocycles. The molecule has 0 bridgehead atoms. The van der Waals surface area contributed by atoms with Gasteiger partial charge in [0.25, 0.3) is 0 Å². The summed E-state index contributed by atoms with van der Waals surface area (Å²) in [7, 11) is 0. The molecule has 0 atom stereocenters. The molecule has 0 radical (unpaired) electrons. The lowest BCUT2D eigenvalue weighted by Gasteiger charge is -2.25. The van der Waals surface area contributed by atoms with Gasteiger partial charge in [-0.15, -0.1) is 0 Å². The van der Waals surface area contributed by atoms with Gasteiger partial charge in [-0.2, -0.15) is 5.26 Å². The van der Waals surface area contributed by atoms with Crippen molar-refractivity contribution in [3.8, 4) is 61.7 Å². The van der Waals surface area contributed by atoms with Crippen molar-refractivity contribution in [2.75, 3.05) is 0 Å². The maximum absolute atomic E-state index is 10.1. The molecule has 7 aromatic carbocycles. The highest BCUT2D eigenvalue weighted by Gasteiger charge is 2.45. The van der Waals surface area contributed by atoms with Gasteiger partial charge in [-0.3, -0.25) is 0 Å². The van der Waals surface area contributed by atoms with E-state index in [1.807, 2.05) is 6.07 Å². The van der Waals surface area contributed by atoms with Crippen LogP contribution in [0.5, 0.6) is 0 Å². The Morgan fingerprint density at radius 1 is 0.373 bits per heavy atom. The van der Waals surface area contributed by atoms with Gasteiger partial charge >= 0.3 is 0 Å². The van der Waals surface area contributed by atoms with Crippen LogP contribution < -0.4 is 0 Å². The Kier molecular flexibility index (Phi) is 5.89. The monoisotopic (exact) mass is 653 g/mol. The lowest BCUT2D eigenvalue weighted by molar-refractivity contribution is 0.649. The first kappa shape index (κ1) is 30.1.